The predicted molar refractivity (Wildman–Crippen MR) is 226 cm³/mol. The van der Waals surface area contributed by atoms with Crippen LogP contribution >= 0.6 is 11.6 Å². The second-order valence-electron chi connectivity index (χ2n) is 17.3. The number of benzene rings is 4. The van der Waals surface area contributed by atoms with Crippen molar-refractivity contribution in [2.45, 2.75) is 84.0 Å². The summed E-state index contributed by atoms with van der Waals surface area (Å²) in [6, 6.07) is 27.0. The van der Waals surface area contributed by atoms with Crippen LogP contribution in [0, 0.1) is 0 Å². The van der Waals surface area contributed by atoms with Crippen LogP contribution in [0.25, 0.3) is 21.5 Å². The van der Waals surface area contributed by atoms with E-state index in [2.05, 4.69) is 162 Å². The summed E-state index contributed by atoms with van der Waals surface area (Å²) in [7, 11) is 6.86. The SMILES string of the molecule is CCCCN1C(=CC=C2CCCC(C=CC3=[N+](CCC[N+](C)(C)C)c4ccc5ccccc5c4C3(C)C)=C2Cl)C(C)(C)c2c1ccc1ccccc21. The number of unbranched alkanes of at least 4 members (excludes halogenated alkanes) is 1. The number of anilines is 1. The lowest BCUT2D eigenvalue weighted by Gasteiger charge is -2.27. The number of halogens is 1. The van der Waals surface area contributed by atoms with Gasteiger partial charge in [0.1, 0.15) is 0 Å². The third kappa shape index (κ3) is 6.60. The normalized spacial score (nSPS) is 20.0. The first-order valence-corrected chi connectivity index (χ1v) is 20.0. The van der Waals surface area contributed by atoms with E-state index in [0.29, 0.717) is 0 Å². The van der Waals surface area contributed by atoms with E-state index in [1.807, 2.05) is 0 Å². The maximum atomic E-state index is 7.38. The molecule has 4 aromatic rings. The average molecular weight is 712 g/mol. The highest BCUT2D eigenvalue weighted by Gasteiger charge is 2.45. The highest BCUT2D eigenvalue weighted by atomic mass is 35.5. The lowest BCUT2D eigenvalue weighted by molar-refractivity contribution is -0.871. The minimum absolute atomic E-state index is 0.117. The van der Waals surface area contributed by atoms with Crippen molar-refractivity contribution >= 4 is 50.2 Å². The third-order valence-corrected chi connectivity index (χ3v) is 12.3. The molecule has 0 unspecified atom stereocenters. The van der Waals surface area contributed by atoms with Crippen molar-refractivity contribution in [3.05, 3.63) is 130 Å². The monoisotopic (exact) mass is 711 g/mol. The van der Waals surface area contributed by atoms with Gasteiger partial charge in [-0.2, -0.15) is 4.58 Å². The molecule has 0 atom stereocenters. The molecule has 0 N–H and O–H groups in total. The zero-order valence-electron chi connectivity index (χ0n) is 32.8. The first kappa shape index (κ1) is 36.4. The standard InChI is InChI=1S/C48H58ClN3/c1-9-10-31-50-40-27-23-34-17-11-13-21-38(34)44(40)47(2,3)42(50)29-25-36-19-15-20-37(46(36)49)26-30-43-48(4,5)45-39-22-14-12-18-35(39)24-28-41(45)51(43)32-16-33-52(6,7)8/h11-14,17-18,21-30H,9-10,15-16,19-20,31-33H2,1-8H3/q+2. The van der Waals surface area contributed by atoms with Crippen LogP contribution in [0.2, 0.25) is 0 Å². The summed E-state index contributed by atoms with van der Waals surface area (Å²) in [5.41, 5.74) is 10.5. The van der Waals surface area contributed by atoms with Crippen molar-refractivity contribution < 1.29 is 9.06 Å². The van der Waals surface area contributed by atoms with Crippen LogP contribution in [0.4, 0.5) is 11.4 Å². The molecule has 0 saturated carbocycles. The number of hydrogen-bond acceptors (Lipinski definition) is 1. The molecule has 7 rings (SSSR count). The van der Waals surface area contributed by atoms with E-state index in [9.17, 15) is 0 Å². The van der Waals surface area contributed by atoms with Crippen LogP contribution < -0.4 is 4.90 Å². The first-order valence-electron chi connectivity index (χ1n) is 19.6. The first-order chi connectivity index (χ1) is 24.8. The molecule has 4 aromatic carbocycles. The van der Waals surface area contributed by atoms with Crippen molar-refractivity contribution in [1.82, 2.24) is 0 Å². The van der Waals surface area contributed by atoms with Gasteiger partial charge in [0.25, 0.3) is 0 Å². The molecule has 0 radical (unpaired) electrons. The van der Waals surface area contributed by atoms with Gasteiger partial charge < -0.3 is 9.38 Å². The lowest BCUT2D eigenvalue weighted by atomic mass is 9.78. The fourth-order valence-electron chi connectivity index (χ4n) is 9.14. The number of quaternary nitrogens is 1. The molecule has 4 heteroatoms. The number of hydrogen-bond donors (Lipinski definition) is 0. The van der Waals surface area contributed by atoms with Gasteiger partial charge in [0.15, 0.2) is 12.3 Å². The van der Waals surface area contributed by atoms with Gasteiger partial charge in [-0.25, -0.2) is 0 Å². The van der Waals surface area contributed by atoms with Crippen molar-refractivity contribution in [3.8, 4) is 0 Å². The minimum atomic E-state index is -0.136. The van der Waals surface area contributed by atoms with Gasteiger partial charge in [-0.15, -0.1) is 0 Å². The largest absolute Gasteiger partial charge is 0.344 e. The van der Waals surface area contributed by atoms with E-state index in [0.717, 1.165) is 61.3 Å². The van der Waals surface area contributed by atoms with Gasteiger partial charge >= 0.3 is 0 Å². The number of allylic oxidation sites excluding steroid dienone is 8. The maximum Gasteiger partial charge on any atom is 0.210 e. The predicted octanol–water partition coefficient (Wildman–Crippen LogP) is 12.1. The summed E-state index contributed by atoms with van der Waals surface area (Å²) >= 11 is 7.38. The maximum absolute atomic E-state index is 7.38. The molecule has 2 heterocycles. The van der Waals surface area contributed by atoms with Crippen LogP contribution in [-0.4, -0.2) is 55.5 Å². The Balaban J connectivity index is 1.25. The molecule has 0 spiro atoms. The van der Waals surface area contributed by atoms with Gasteiger partial charge in [0.2, 0.25) is 5.69 Å². The molecular formula is C48H58ClN3+2. The van der Waals surface area contributed by atoms with Gasteiger partial charge in [-0.05, 0) is 96.0 Å². The number of rotatable bonds is 10. The van der Waals surface area contributed by atoms with Gasteiger partial charge in [-0.3, -0.25) is 0 Å². The van der Waals surface area contributed by atoms with Crippen LogP contribution in [0.15, 0.2) is 119 Å². The second kappa shape index (κ2) is 14.1. The third-order valence-electron chi connectivity index (χ3n) is 11.8. The Hall–Kier alpha value is -3.92. The van der Waals surface area contributed by atoms with Gasteiger partial charge in [0, 0.05) is 46.1 Å². The molecule has 270 valence electrons. The molecule has 2 aliphatic heterocycles. The molecule has 1 aliphatic carbocycles. The number of fused-ring (bicyclic) bond motifs is 6. The smallest absolute Gasteiger partial charge is 0.210 e. The van der Waals surface area contributed by atoms with E-state index < -0.39 is 0 Å². The zero-order valence-corrected chi connectivity index (χ0v) is 33.6. The molecule has 0 aromatic heterocycles. The van der Waals surface area contributed by atoms with Crippen molar-refractivity contribution in [3.63, 3.8) is 0 Å². The Morgan fingerprint density at radius 2 is 1.44 bits per heavy atom. The molecule has 3 nitrogen and oxygen atoms in total. The van der Waals surface area contributed by atoms with Crippen molar-refractivity contribution in [2.24, 2.45) is 0 Å². The van der Waals surface area contributed by atoms with E-state index in [1.165, 1.54) is 73.0 Å². The van der Waals surface area contributed by atoms with E-state index in [-0.39, 0.29) is 10.8 Å². The Labute approximate surface area is 317 Å². The molecular weight excluding hydrogens is 654 g/mol. The quantitative estimate of drug-likeness (QED) is 0.117. The number of nitrogens with zero attached hydrogens (tertiary/aromatic N) is 3. The molecule has 0 fully saturated rings. The van der Waals surface area contributed by atoms with E-state index in [4.69, 9.17) is 11.6 Å². The van der Waals surface area contributed by atoms with Crippen LogP contribution in [0.3, 0.4) is 0 Å². The zero-order chi connectivity index (χ0) is 36.8. The Bertz CT molecular complexity index is 2180. The molecule has 0 saturated heterocycles. The fourth-order valence-corrected chi connectivity index (χ4v) is 9.45. The Morgan fingerprint density at radius 1 is 0.769 bits per heavy atom. The van der Waals surface area contributed by atoms with Crippen molar-refractivity contribution in [2.75, 3.05) is 45.7 Å². The van der Waals surface area contributed by atoms with Gasteiger partial charge in [0.05, 0.1) is 39.5 Å². The summed E-state index contributed by atoms with van der Waals surface area (Å²) in [5.74, 6) is 0. The molecule has 0 bridgehead atoms. The summed E-state index contributed by atoms with van der Waals surface area (Å²) in [6.07, 6.45) is 16.0. The van der Waals surface area contributed by atoms with E-state index in [1.54, 1.807) is 0 Å². The second-order valence-corrected chi connectivity index (χ2v) is 17.7. The Kier molecular flexibility index (Phi) is 9.91. The summed E-state index contributed by atoms with van der Waals surface area (Å²) in [6.45, 7) is 15.0. The fraction of sp³-hybridized carbons (Fsp3) is 0.396. The van der Waals surface area contributed by atoms with Crippen LogP contribution in [0.5, 0.6) is 0 Å². The van der Waals surface area contributed by atoms with Crippen molar-refractivity contribution in [1.29, 1.82) is 0 Å². The van der Waals surface area contributed by atoms with Crippen LogP contribution in [-0.2, 0) is 10.8 Å². The molecule has 3 aliphatic rings. The highest BCUT2D eigenvalue weighted by molar-refractivity contribution is 6.32. The summed E-state index contributed by atoms with van der Waals surface area (Å²) in [4.78, 5) is 2.58. The average Bonchev–Trinajstić information content (AvgIpc) is 3.47. The molecule has 52 heavy (non-hydrogen) atoms. The summed E-state index contributed by atoms with van der Waals surface area (Å²) in [5, 5.41) is 6.26. The Morgan fingerprint density at radius 3 is 2.13 bits per heavy atom. The summed E-state index contributed by atoms with van der Waals surface area (Å²) < 4.78 is 3.57. The minimum Gasteiger partial charge on any atom is -0.344 e. The topological polar surface area (TPSA) is 6.25 Å². The lowest BCUT2D eigenvalue weighted by Crippen LogP contribution is -2.36. The molecule has 0 amide bonds. The van der Waals surface area contributed by atoms with E-state index >= 15 is 0 Å². The highest BCUT2D eigenvalue weighted by Crippen LogP contribution is 2.51. The van der Waals surface area contributed by atoms with Crippen LogP contribution in [0.1, 0.15) is 84.3 Å². The van der Waals surface area contributed by atoms with Gasteiger partial charge in [-0.1, -0.05) is 106 Å².